The zero-order valence-electron chi connectivity index (χ0n) is 11.8. The Bertz CT molecular complexity index is 399. The number of rotatable bonds is 8. The summed E-state index contributed by atoms with van der Waals surface area (Å²) >= 11 is 6.24. The number of hydrogen-bond acceptors (Lipinski definition) is 4. The summed E-state index contributed by atoms with van der Waals surface area (Å²) < 4.78 is 10.9. The Morgan fingerprint density at radius 3 is 2.68 bits per heavy atom. The molecule has 0 bridgehead atoms. The van der Waals surface area contributed by atoms with Gasteiger partial charge in [0.2, 0.25) is 0 Å². The summed E-state index contributed by atoms with van der Waals surface area (Å²) in [5, 5.41) is 9.45. The summed E-state index contributed by atoms with van der Waals surface area (Å²) in [6.07, 6.45) is 0.917. The summed E-state index contributed by atoms with van der Waals surface area (Å²) in [5.41, 5.74) is 1.03. The molecule has 0 aliphatic carbocycles. The molecule has 5 heteroatoms. The molecule has 1 rings (SSSR count). The number of benzene rings is 1. The van der Waals surface area contributed by atoms with Crippen molar-refractivity contribution in [2.24, 2.45) is 0 Å². The van der Waals surface area contributed by atoms with Crippen LogP contribution >= 0.6 is 11.6 Å². The van der Waals surface area contributed by atoms with E-state index in [1.54, 1.807) is 7.11 Å². The summed E-state index contributed by atoms with van der Waals surface area (Å²) in [6, 6.07) is 3.80. The van der Waals surface area contributed by atoms with Gasteiger partial charge in [-0.1, -0.05) is 18.5 Å². The first-order valence-corrected chi connectivity index (χ1v) is 6.78. The average molecular weight is 288 g/mol. The van der Waals surface area contributed by atoms with Gasteiger partial charge in [-0.3, -0.25) is 4.90 Å². The lowest BCUT2D eigenvalue weighted by Gasteiger charge is -2.18. The molecule has 108 valence electrons. The maximum atomic E-state index is 8.90. The van der Waals surface area contributed by atoms with Crippen LogP contribution in [0.1, 0.15) is 18.9 Å². The van der Waals surface area contributed by atoms with Crippen LogP contribution < -0.4 is 9.47 Å². The van der Waals surface area contributed by atoms with Gasteiger partial charge in [0, 0.05) is 13.1 Å². The van der Waals surface area contributed by atoms with Crippen LogP contribution in [0.2, 0.25) is 5.02 Å². The van der Waals surface area contributed by atoms with Crippen LogP contribution in [0.3, 0.4) is 0 Å². The normalized spacial score (nSPS) is 10.8. The second-order valence-electron chi connectivity index (χ2n) is 4.42. The van der Waals surface area contributed by atoms with Crippen molar-refractivity contribution in [2.45, 2.75) is 19.9 Å². The molecule has 1 aromatic rings. The minimum absolute atomic E-state index is 0.138. The predicted octanol–water partition coefficient (Wildman–Crippen LogP) is 2.56. The Morgan fingerprint density at radius 2 is 2.11 bits per heavy atom. The van der Waals surface area contributed by atoms with Gasteiger partial charge in [0.25, 0.3) is 0 Å². The fraction of sp³-hybridized carbons (Fsp3) is 0.571. The third-order valence-corrected chi connectivity index (χ3v) is 2.95. The van der Waals surface area contributed by atoms with Gasteiger partial charge >= 0.3 is 0 Å². The molecule has 0 aliphatic rings. The molecule has 0 spiro atoms. The Kier molecular flexibility index (Phi) is 6.99. The van der Waals surface area contributed by atoms with Crippen LogP contribution in [0, 0.1) is 0 Å². The fourth-order valence-corrected chi connectivity index (χ4v) is 2.06. The maximum absolute atomic E-state index is 8.90. The van der Waals surface area contributed by atoms with Gasteiger partial charge in [0.05, 0.1) is 25.3 Å². The fourth-order valence-electron chi connectivity index (χ4n) is 1.77. The highest BCUT2D eigenvalue weighted by atomic mass is 35.5. The number of aliphatic hydroxyl groups excluding tert-OH is 1. The molecule has 0 saturated heterocycles. The predicted molar refractivity (Wildman–Crippen MR) is 77.2 cm³/mol. The quantitative estimate of drug-likeness (QED) is 0.798. The van der Waals surface area contributed by atoms with Crippen molar-refractivity contribution in [3.63, 3.8) is 0 Å². The molecule has 0 saturated carbocycles. The van der Waals surface area contributed by atoms with Crippen LogP contribution in [0.5, 0.6) is 11.5 Å². The standard InChI is InChI=1S/C14H22ClNO3/c1-4-7-19-14-12(15)8-11(9-13(14)18-3)10-16(2)5-6-17/h8-9,17H,4-7,10H2,1-3H3. The molecular weight excluding hydrogens is 266 g/mol. The molecule has 0 amide bonds. The SMILES string of the molecule is CCCOc1c(Cl)cc(CN(C)CCO)cc1OC. The zero-order chi connectivity index (χ0) is 14.3. The highest BCUT2D eigenvalue weighted by Gasteiger charge is 2.12. The smallest absolute Gasteiger partial charge is 0.179 e. The Balaban J connectivity index is 2.88. The lowest BCUT2D eigenvalue weighted by atomic mass is 10.2. The Morgan fingerprint density at radius 1 is 1.37 bits per heavy atom. The second kappa shape index (κ2) is 8.25. The number of likely N-dealkylation sites (N-methyl/N-ethyl adjacent to an activating group) is 1. The molecule has 1 aromatic carbocycles. The van der Waals surface area contributed by atoms with Crippen molar-refractivity contribution in [3.8, 4) is 11.5 Å². The van der Waals surface area contributed by atoms with Gasteiger partial charge in [-0.05, 0) is 31.2 Å². The molecule has 0 radical (unpaired) electrons. The largest absolute Gasteiger partial charge is 0.493 e. The molecular formula is C14H22ClNO3. The minimum atomic E-state index is 0.138. The van der Waals surface area contributed by atoms with Gasteiger partial charge < -0.3 is 14.6 Å². The van der Waals surface area contributed by atoms with Crippen LogP contribution in [0.4, 0.5) is 0 Å². The van der Waals surface area contributed by atoms with E-state index >= 15 is 0 Å². The first kappa shape index (κ1) is 16.1. The van der Waals surface area contributed by atoms with Crippen LogP contribution in [0.15, 0.2) is 12.1 Å². The van der Waals surface area contributed by atoms with Gasteiger partial charge in [-0.25, -0.2) is 0 Å². The van der Waals surface area contributed by atoms with E-state index in [9.17, 15) is 0 Å². The van der Waals surface area contributed by atoms with E-state index in [0.29, 0.717) is 36.2 Å². The number of aliphatic hydroxyl groups is 1. The van der Waals surface area contributed by atoms with E-state index in [2.05, 4.69) is 0 Å². The van der Waals surface area contributed by atoms with E-state index in [0.717, 1.165) is 12.0 Å². The van der Waals surface area contributed by atoms with Crippen molar-refractivity contribution in [1.82, 2.24) is 4.90 Å². The molecule has 4 nitrogen and oxygen atoms in total. The van der Waals surface area contributed by atoms with Gasteiger partial charge in [0.15, 0.2) is 11.5 Å². The van der Waals surface area contributed by atoms with Gasteiger partial charge in [-0.15, -0.1) is 0 Å². The number of halogens is 1. The first-order chi connectivity index (χ1) is 9.12. The monoisotopic (exact) mass is 287 g/mol. The molecule has 1 N–H and O–H groups in total. The van der Waals surface area contributed by atoms with E-state index in [4.69, 9.17) is 26.2 Å². The van der Waals surface area contributed by atoms with E-state index in [1.165, 1.54) is 0 Å². The van der Waals surface area contributed by atoms with Gasteiger partial charge in [0.1, 0.15) is 0 Å². The van der Waals surface area contributed by atoms with Crippen molar-refractivity contribution < 1.29 is 14.6 Å². The van der Waals surface area contributed by atoms with Crippen molar-refractivity contribution in [2.75, 3.05) is 33.9 Å². The van der Waals surface area contributed by atoms with E-state index in [1.807, 2.05) is 31.0 Å². The van der Waals surface area contributed by atoms with Crippen LogP contribution in [-0.4, -0.2) is 43.9 Å². The molecule has 0 aromatic heterocycles. The lowest BCUT2D eigenvalue weighted by Crippen LogP contribution is -2.21. The van der Waals surface area contributed by atoms with E-state index < -0.39 is 0 Å². The number of hydrogen-bond donors (Lipinski definition) is 1. The summed E-state index contributed by atoms with van der Waals surface area (Å²) in [4.78, 5) is 2.01. The zero-order valence-corrected chi connectivity index (χ0v) is 12.5. The number of nitrogens with zero attached hydrogens (tertiary/aromatic N) is 1. The van der Waals surface area contributed by atoms with Crippen molar-refractivity contribution in [1.29, 1.82) is 0 Å². The Labute approximate surface area is 119 Å². The third-order valence-electron chi connectivity index (χ3n) is 2.67. The summed E-state index contributed by atoms with van der Waals surface area (Å²) in [6.45, 7) is 4.11. The van der Waals surface area contributed by atoms with Crippen molar-refractivity contribution >= 4 is 11.6 Å². The first-order valence-electron chi connectivity index (χ1n) is 6.41. The Hall–Kier alpha value is -0.970. The molecule has 0 atom stereocenters. The lowest BCUT2D eigenvalue weighted by molar-refractivity contribution is 0.217. The molecule has 19 heavy (non-hydrogen) atoms. The summed E-state index contributed by atoms with van der Waals surface area (Å²) in [7, 11) is 3.55. The van der Waals surface area contributed by atoms with Crippen LogP contribution in [0.25, 0.3) is 0 Å². The minimum Gasteiger partial charge on any atom is -0.493 e. The highest BCUT2D eigenvalue weighted by molar-refractivity contribution is 6.32. The van der Waals surface area contributed by atoms with Crippen molar-refractivity contribution in [3.05, 3.63) is 22.7 Å². The average Bonchev–Trinajstić information content (AvgIpc) is 2.37. The number of ether oxygens (including phenoxy) is 2. The van der Waals surface area contributed by atoms with Gasteiger partial charge in [-0.2, -0.15) is 0 Å². The topological polar surface area (TPSA) is 41.9 Å². The molecule has 0 fully saturated rings. The molecule has 0 aliphatic heterocycles. The van der Waals surface area contributed by atoms with E-state index in [-0.39, 0.29) is 6.61 Å². The maximum Gasteiger partial charge on any atom is 0.179 e. The molecule has 0 unspecified atom stereocenters. The summed E-state index contributed by atoms with van der Waals surface area (Å²) in [5.74, 6) is 1.24. The number of methoxy groups -OCH3 is 1. The second-order valence-corrected chi connectivity index (χ2v) is 4.83. The van der Waals surface area contributed by atoms with Crippen LogP contribution in [-0.2, 0) is 6.54 Å². The molecule has 0 heterocycles. The third kappa shape index (κ3) is 4.90. The highest BCUT2D eigenvalue weighted by Crippen LogP contribution is 2.36.